The average molecular weight is 211 g/mol. The summed E-state index contributed by atoms with van der Waals surface area (Å²) in [7, 11) is 0. The Bertz CT molecular complexity index is 199. The first-order chi connectivity index (χ1) is 7.24. The molecule has 0 saturated carbocycles. The fraction of sp³-hybridized carbons (Fsp3) is 0.923. The van der Waals surface area contributed by atoms with Gasteiger partial charge in [0, 0.05) is 18.5 Å². The lowest BCUT2D eigenvalue weighted by molar-refractivity contribution is -0.139. The maximum absolute atomic E-state index is 12.3. The minimum Gasteiger partial charge on any atom is -0.339 e. The van der Waals surface area contributed by atoms with E-state index in [1.807, 2.05) is 0 Å². The van der Waals surface area contributed by atoms with E-state index in [0.29, 0.717) is 11.9 Å². The standard InChI is InChI=1S/C13H25NO/c1-4-11(5-2)13(15)14-10-8-7-9-12(14)6-3/h11-12H,4-10H2,1-3H3/t12-/m1/s1. The lowest BCUT2D eigenvalue weighted by Crippen LogP contribution is -2.46. The largest absolute Gasteiger partial charge is 0.339 e. The van der Waals surface area contributed by atoms with Crippen LogP contribution in [0.3, 0.4) is 0 Å². The van der Waals surface area contributed by atoms with E-state index in [2.05, 4.69) is 25.7 Å². The summed E-state index contributed by atoms with van der Waals surface area (Å²) in [5.41, 5.74) is 0. The van der Waals surface area contributed by atoms with Crippen molar-refractivity contribution in [3.05, 3.63) is 0 Å². The summed E-state index contributed by atoms with van der Waals surface area (Å²) >= 11 is 0. The second kappa shape index (κ2) is 6.14. The van der Waals surface area contributed by atoms with E-state index in [1.165, 1.54) is 19.3 Å². The molecule has 1 heterocycles. The Morgan fingerprint density at radius 2 is 1.93 bits per heavy atom. The summed E-state index contributed by atoms with van der Waals surface area (Å²) in [4.78, 5) is 14.4. The molecule has 15 heavy (non-hydrogen) atoms. The van der Waals surface area contributed by atoms with Crippen LogP contribution in [-0.2, 0) is 4.79 Å². The van der Waals surface area contributed by atoms with Crippen LogP contribution >= 0.6 is 0 Å². The SMILES string of the molecule is CCC(CC)C(=O)N1CCCC[C@H]1CC. The van der Waals surface area contributed by atoms with Crippen LogP contribution in [0.5, 0.6) is 0 Å². The van der Waals surface area contributed by atoms with Crippen LogP contribution in [-0.4, -0.2) is 23.4 Å². The first kappa shape index (κ1) is 12.5. The molecular formula is C13H25NO. The molecular weight excluding hydrogens is 186 g/mol. The Hall–Kier alpha value is -0.530. The molecule has 88 valence electrons. The molecule has 1 fully saturated rings. The number of rotatable bonds is 4. The minimum atomic E-state index is 0.261. The van der Waals surface area contributed by atoms with E-state index in [4.69, 9.17) is 0 Å². The smallest absolute Gasteiger partial charge is 0.225 e. The third kappa shape index (κ3) is 2.96. The van der Waals surface area contributed by atoms with Crippen molar-refractivity contribution in [1.29, 1.82) is 0 Å². The molecule has 0 radical (unpaired) electrons. The highest BCUT2D eigenvalue weighted by molar-refractivity contribution is 5.79. The van der Waals surface area contributed by atoms with Gasteiger partial charge in [0.25, 0.3) is 0 Å². The maximum atomic E-state index is 12.3. The summed E-state index contributed by atoms with van der Waals surface area (Å²) in [5.74, 6) is 0.670. The van der Waals surface area contributed by atoms with Gasteiger partial charge in [0.15, 0.2) is 0 Å². The molecule has 0 aromatic heterocycles. The molecule has 1 rings (SSSR count). The number of hydrogen-bond donors (Lipinski definition) is 0. The Labute approximate surface area is 94.0 Å². The van der Waals surface area contributed by atoms with Crippen molar-refractivity contribution in [2.75, 3.05) is 6.54 Å². The molecule has 2 nitrogen and oxygen atoms in total. The van der Waals surface area contributed by atoms with E-state index >= 15 is 0 Å². The zero-order chi connectivity index (χ0) is 11.3. The zero-order valence-electron chi connectivity index (χ0n) is 10.5. The third-order valence-electron chi connectivity index (χ3n) is 3.72. The van der Waals surface area contributed by atoms with Crippen LogP contribution < -0.4 is 0 Å². The van der Waals surface area contributed by atoms with Crippen LogP contribution in [0.2, 0.25) is 0 Å². The number of carbonyl (C=O) groups is 1. The highest BCUT2D eigenvalue weighted by atomic mass is 16.2. The number of piperidine rings is 1. The van der Waals surface area contributed by atoms with Gasteiger partial charge in [-0.25, -0.2) is 0 Å². The first-order valence-electron chi connectivity index (χ1n) is 6.55. The highest BCUT2D eigenvalue weighted by Crippen LogP contribution is 2.23. The lowest BCUT2D eigenvalue weighted by atomic mass is 9.95. The molecule has 0 bridgehead atoms. The average Bonchev–Trinajstić information content (AvgIpc) is 2.30. The van der Waals surface area contributed by atoms with Gasteiger partial charge in [-0.1, -0.05) is 20.8 Å². The van der Waals surface area contributed by atoms with Gasteiger partial charge in [0.05, 0.1) is 0 Å². The number of nitrogens with zero attached hydrogens (tertiary/aromatic N) is 1. The van der Waals surface area contributed by atoms with Crippen molar-refractivity contribution in [3.63, 3.8) is 0 Å². The normalized spacial score (nSPS) is 22.1. The molecule has 1 aliphatic rings. The Balaban J connectivity index is 2.62. The number of amides is 1. The van der Waals surface area contributed by atoms with Crippen molar-refractivity contribution >= 4 is 5.91 Å². The molecule has 0 aromatic rings. The van der Waals surface area contributed by atoms with E-state index in [0.717, 1.165) is 25.8 Å². The molecule has 0 aromatic carbocycles. The second-order valence-electron chi connectivity index (χ2n) is 4.60. The molecule has 0 spiro atoms. The van der Waals surface area contributed by atoms with Gasteiger partial charge in [-0.3, -0.25) is 4.79 Å². The summed E-state index contributed by atoms with van der Waals surface area (Å²) in [6.45, 7) is 7.44. The van der Waals surface area contributed by atoms with Crippen molar-refractivity contribution in [2.45, 2.75) is 65.3 Å². The maximum Gasteiger partial charge on any atom is 0.225 e. The molecule has 0 N–H and O–H groups in total. The predicted molar refractivity (Wildman–Crippen MR) is 63.7 cm³/mol. The molecule has 1 saturated heterocycles. The van der Waals surface area contributed by atoms with Crippen LogP contribution in [0.25, 0.3) is 0 Å². The predicted octanol–water partition coefficient (Wildman–Crippen LogP) is 3.21. The number of hydrogen-bond acceptors (Lipinski definition) is 1. The van der Waals surface area contributed by atoms with Crippen molar-refractivity contribution in [2.24, 2.45) is 5.92 Å². The van der Waals surface area contributed by atoms with Gasteiger partial charge in [-0.05, 0) is 38.5 Å². The summed E-state index contributed by atoms with van der Waals surface area (Å²) in [5, 5.41) is 0. The highest BCUT2D eigenvalue weighted by Gasteiger charge is 2.28. The summed E-state index contributed by atoms with van der Waals surface area (Å²) in [6, 6.07) is 0.520. The Morgan fingerprint density at radius 1 is 1.27 bits per heavy atom. The van der Waals surface area contributed by atoms with Gasteiger partial charge in [-0.15, -0.1) is 0 Å². The van der Waals surface area contributed by atoms with Crippen molar-refractivity contribution in [1.82, 2.24) is 4.90 Å². The fourth-order valence-corrected chi connectivity index (χ4v) is 2.59. The van der Waals surface area contributed by atoms with Crippen LogP contribution in [0.4, 0.5) is 0 Å². The topological polar surface area (TPSA) is 20.3 Å². The first-order valence-corrected chi connectivity index (χ1v) is 6.55. The molecule has 1 aliphatic heterocycles. The van der Waals surface area contributed by atoms with Gasteiger partial charge < -0.3 is 4.90 Å². The van der Waals surface area contributed by atoms with Gasteiger partial charge >= 0.3 is 0 Å². The summed E-state index contributed by atoms with van der Waals surface area (Å²) in [6.07, 6.45) is 6.80. The third-order valence-corrected chi connectivity index (χ3v) is 3.72. The van der Waals surface area contributed by atoms with E-state index in [1.54, 1.807) is 0 Å². The molecule has 2 heteroatoms. The lowest BCUT2D eigenvalue weighted by Gasteiger charge is -2.37. The van der Waals surface area contributed by atoms with Gasteiger partial charge in [-0.2, -0.15) is 0 Å². The Morgan fingerprint density at radius 3 is 2.47 bits per heavy atom. The van der Waals surface area contributed by atoms with Crippen LogP contribution in [0, 0.1) is 5.92 Å². The van der Waals surface area contributed by atoms with Crippen LogP contribution in [0.1, 0.15) is 59.3 Å². The quantitative estimate of drug-likeness (QED) is 0.699. The second-order valence-corrected chi connectivity index (χ2v) is 4.60. The zero-order valence-corrected chi connectivity index (χ0v) is 10.5. The van der Waals surface area contributed by atoms with Crippen molar-refractivity contribution in [3.8, 4) is 0 Å². The van der Waals surface area contributed by atoms with Crippen LogP contribution in [0.15, 0.2) is 0 Å². The van der Waals surface area contributed by atoms with E-state index in [-0.39, 0.29) is 5.92 Å². The molecule has 1 atom stereocenters. The van der Waals surface area contributed by atoms with Gasteiger partial charge in [0.2, 0.25) is 5.91 Å². The molecule has 1 amide bonds. The summed E-state index contributed by atoms with van der Waals surface area (Å²) < 4.78 is 0. The van der Waals surface area contributed by atoms with E-state index in [9.17, 15) is 4.79 Å². The Kier molecular flexibility index (Phi) is 5.13. The number of likely N-dealkylation sites (tertiary alicyclic amines) is 1. The fourth-order valence-electron chi connectivity index (χ4n) is 2.59. The van der Waals surface area contributed by atoms with Gasteiger partial charge in [0.1, 0.15) is 0 Å². The van der Waals surface area contributed by atoms with Crippen molar-refractivity contribution < 1.29 is 4.79 Å². The number of carbonyl (C=O) groups excluding carboxylic acids is 1. The molecule has 0 aliphatic carbocycles. The molecule has 0 unspecified atom stereocenters. The monoisotopic (exact) mass is 211 g/mol. The minimum absolute atomic E-state index is 0.261. The van der Waals surface area contributed by atoms with E-state index < -0.39 is 0 Å².